The van der Waals surface area contributed by atoms with Crippen molar-refractivity contribution in [1.82, 2.24) is 10.6 Å². The summed E-state index contributed by atoms with van der Waals surface area (Å²) in [5.74, 6) is 0. The molecule has 0 saturated carbocycles. The van der Waals surface area contributed by atoms with E-state index in [4.69, 9.17) is 23.2 Å². The number of alkyl halides is 2. The van der Waals surface area contributed by atoms with Gasteiger partial charge in [-0.25, -0.2) is 0 Å². The first kappa shape index (κ1) is 10.5. The molecule has 2 N–H and O–H groups in total. The van der Waals surface area contributed by atoms with Crippen LogP contribution in [0, 0.1) is 0 Å². The molecule has 0 fully saturated rings. The third kappa shape index (κ3) is 5.30. The predicted molar refractivity (Wildman–Crippen MR) is 46.7 cm³/mol. The fourth-order valence-electron chi connectivity index (χ4n) is 0.603. The van der Waals surface area contributed by atoms with Gasteiger partial charge in [-0.05, 0) is 13.1 Å². The molecule has 4 heteroatoms. The third-order valence-electron chi connectivity index (χ3n) is 1.03. The van der Waals surface area contributed by atoms with Crippen LogP contribution in [0.1, 0.15) is 13.8 Å². The lowest BCUT2D eigenvalue weighted by atomic mass is 10.5. The highest BCUT2D eigenvalue weighted by Crippen LogP contribution is 2.14. The molecule has 2 nitrogen and oxygen atoms in total. The van der Waals surface area contributed by atoms with Crippen LogP contribution in [0.2, 0.25) is 0 Å². The van der Waals surface area contributed by atoms with Crippen molar-refractivity contribution in [2.45, 2.75) is 18.3 Å². The number of likely N-dealkylation sites (N-methyl/N-ethyl adjacent to an activating group) is 2. The molecule has 0 aliphatic carbocycles. The van der Waals surface area contributed by atoms with E-state index in [9.17, 15) is 0 Å². The minimum Gasteiger partial charge on any atom is -0.313 e. The van der Waals surface area contributed by atoms with Crippen molar-refractivity contribution >= 4 is 23.2 Å². The van der Waals surface area contributed by atoms with E-state index in [2.05, 4.69) is 10.6 Å². The second-order valence-corrected chi connectivity index (χ2v) is 3.50. The van der Waals surface area contributed by atoms with Crippen LogP contribution in [-0.4, -0.2) is 24.1 Å². The van der Waals surface area contributed by atoms with E-state index in [1.54, 1.807) is 0 Å². The molecule has 0 radical (unpaired) electrons. The summed E-state index contributed by atoms with van der Waals surface area (Å²) in [6.45, 7) is 6.20. The number of rotatable bonds is 5. The second kappa shape index (κ2) is 5.19. The minimum absolute atomic E-state index is 0.570. The Bertz CT molecular complexity index is 85.8. The molecule has 62 valence electrons. The van der Waals surface area contributed by atoms with Crippen LogP contribution in [-0.2, 0) is 0 Å². The first-order chi connectivity index (χ1) is 4.62. The molecule has 0 aromatic carbocycles. The van der Waals surface area contributed by atoms with Gasteiger partial charge in [0.1, 0.15) is 0 Å². The van der Waals surface area contributed by atoms with Crippen molar-refractivity contribution in [1.29, 1.82) is 0 Å². The Kier molecular flexibility index (Phi) is 5.45. The number of hydrogen-bond donors (Lipinski definition) is 2. The fraction of sp³-hybridized carbons (Fsp3) is 1.00. The molecule has 0 spiro atoms. The Morgan fingerprint density at radius 3 is 2.20 bits per heavy atom. The Labute approximate surface area is 72.3 Å². The van der Waals surface area contributed by atoms with Gasteiger partial charge in [0.15, 0.2) is 4.46 Å². The van der Waals surface area contributed by atoms with Crippen LogP contribution in [0.4, 0.5) is 0 Å². The molecule has 0 aliphatic heterocycles. The van der Waals surface area contributed by atoms with E-state index in [0.717, 1.165) is 13.1 Å². The van der Waals surface area contributed by atoms with Crippen LogP contribution in [0.3, 0.4) is 0 Å². The summed E-state index contributed by atoms with van der Waals surface area (Å²) in [4.78, 5) is 0. The average Bonchev–Trinajstić information content (AvgIpc) is 1.84. The van der Waals surface area contributed by atoms with Gasteiger partial charge >= 0.3 is 0 Å². The van der Waals surface area contributed by atoms with Crippen molar-refractivity contribution in [3.05, 3.63) is 0 Å². The van der Waals surface area contributed by atoms with Gasteiger partial charge in [0.05, 0.1) is 0 Å². The largest absolute Gasteiger partial charge is 0.313 e. The summed E-state index contributed by atoms with van der Waals surface area (Å²) < 4.78 is -0.815. The number of hydrogen-bond acceptors (Lipinski definition) is 2. The van der Waals surface area contributed by atoms with Gasteiger partial charge in [-0.15, -0.1) is 0 Å². The normalized spacial score (nSPS) is 12.0. The van der Waals surface area contributed by atoms with Crippen LogP contribution >= 0.6 is 23.2 Å². The van der Waals surface area contributed by atoms with Gasteiger partial charge in [-0.2, -0.15) is 0 Å². The van der Waals surface area contributed by atoms with Gasteiger partial charge in [0, 0.05) is 6.54 Å². The molecule has 0 aliphatic rings. The average molecular weight is 185 g/mol. The molecule has 0 aromatic heterocycles. The quantitative estimate of drug-likeness (QED) is 0.498. The Hall–Kier alpha value is 0.500. The Balaban J connectivity index is 3.42. The van der Waals surface area contributed by atoms with Gasteiger partial charge < -0.3 is 5.32 Å². The topological polar surface area (TPSA) is 24.1 Å². The molecule has 0 saturated heterocycles. The van der Waals surface area contributed by atoms with Crippen LogP contribution < -0.4 is 10.6 Å². The summed E-state index contributed by atoms with van der Waals surface area (Å²) in [7, 11) is 0. The maximum absolute atomic E-state index is 5.81. The Morgan fingerprint density at radius 1 is 1.20 bits per heavy atom. The molecule has 0 aromatic rings. The van der Waals surface area contributed by atoms with Crippen molar-refractivity contribution in [3.8, 4) is 0 Å². The molecule has 10 heavy (non-hydrogen) atoms. The zero-order chi connectivity index (χ0) is 8.04. The van der Waals surface area contributed by atoms with Crippen LogP contribution in [0.5, 0.6) is 0 Å². The van der Waals surface area contributed by atoms with Gasteiger partial charge in [-0.1, -0.05) is 37.0 Å². The lowest BCUT2D eigenvalue weighted by Crippen LogP contribution is -2.43. The maximum Gasteiger partial charge on any atom is 0.181 e. The molecule has 0 unspecified atom stereocenters. The minimum atomic E-state index is -0.815. The standard InChI is InChI=1S/C6H14Cl2N2/c1-3-9-5-6(7,8)10-4-2/h9-10H,3-5H2,1-2H3. The van der Waals surface area contributed by atoms with E-state index >= 15 is 0 Å². The molecule has 0 heterocycles. The Morgan fingerprint density at radius 2 is 1.80 bits per heavy atom. The SMILES string of the molecule is CCNCC(Cl)(Cl)NCC. The van der Waals surface area contributed by atoms with E-state index in [-0.39, 0.29) is 0 Å². The zero-order valence-corrected chi connectivity index (χ0v) is 7.89. The third-order valence-corrected chi connectivity index (χ3v) is 1.57. The van der Waals surface area contributed by atoms with Gasteiger partial charge in [0.2, 0.25) is 0 Å². The zero-order valence-electron chi connectivity index (χ0n) is 6.38. The molecular weight excluding hydrogens is 171 g/mol. The summed E-state index contributed by atoms with van der Waals surface area (Å²) >= 11 is 11.6. The second-order valence-electron chi connectivity index (χ2n) is 2.02. The highest BCUT2D eigenvalue weighted by Gasteiger charge is 2.20. The number of nitrogens with one attached hydrogen (secondary N) is 2. The molecular formula is C6H14Cl2N2. The van der Waals surface area contributed by atoms with E-state index < -0.39 is 4.46 Å². The number of halogens is 2. The van der Waals surface area contributed by atoms with E-state index in [1.165, 1.54) is 0 Å². The smallest absolute Gasteiger partial charge is 0.181 e. The van der Waals surface area contributed by atoms with E-state index in [0.29, 0.717) is 6.54 Å². The van der Waals surface area contributed by atoms with Crippen molar-refractivity contribution in [2.75, 3.05) is 19.6 Å². The maximum atomic E-state index is 5.81. The van der Waals surface area contributed by atoms with Crippen molar-refractivity contribution in [3.63, 3.8) is 0 Å². The summed E-state index contributed by atoms with van der Waals surface area (Å²) in [6, 6.07) is 0. The molecule has 0 rings (SSSR count). The summed E-state index contributed by atoms with van der Waals surface area (Å²) in [6.07, 6.45) is 0. The highest BCUT2D eigenvalue weighted by molar-refractivity contribution is 6.48. The molecule has 0 atom stereocenters. The van der Waals surface area contributed by atoms with Crippen molar-refractivity contribution < 1.29 is 0 Å². The van der Waals surface area contributed by atoms with Gasteiger partial charge in [-0.3, -0.25) is 5.32 Å². The lowest BCUT2D eigenvalue weighted by molar-refractivity contribution is 0.557. The van der Waals surface area contributed by atoms with Gasteiger partial charge in [0.25, 0.3) is 0 Å². The first-order valence-corrected chi connectivity index (χ1v) is 4.21. The monoisotopic (exact) mass is 184 g/mol. The fourth-order valence-corrected chi connectivity index (χ4v) is 1.06. The van der Waals surface area contributed by atoms with Crippen LogP contribution in [0.25, 0.3) is 0 Å². The van der Waals surface area contributed by atoms with Crippen molar-refractivity contribution in [2.24, 2.45) is 0 Å². The molecule has 0 bridgehead atoms. The molecule has 0 amide bonds. The predicted octanol–water partition coefficient (Wildman–Crippen LogP) is 1.34. The van der Waals surface area contributed by atoms with Crippen LogP contribution in [0.15, 0.2) is 0 Å². The summed E-state index contributed by atoms with van der Waals surface area (Å²) in [5.41, 5.74) is 0. The van der Waals surface area contributed by atoms with E-state index in [1.807, 2.05) is 13.8 Å². The highest BCUT2D eigenvalue weighted by atomic mass is 35.5. The first-order valence-electron chi connectivity index (χ1n) is 3.46. The summed E-state index contributed by atoms with van der Waals surface area (Å²) in [5, 5.41) is 5.97. The lowest BCUT2D eigenvalue weighted by Gasteiger charge is -2.20.